The van der Waals surface area contributed by atoms with Crippen LogP contribution in [0.3, 0.4) is 0 Å². The van der Waals surface area contributed by atoms with Crippen LogP contribution in [0.5, 0.6) is 0 Å². The lowest BCUT2D eigenvalue weighted by molar-refractivity contribution is 0.0946. The van der Waals surface area contributed by atoms with Crippen LogP contribution in [-0.4, -0.2) is 23.1 Å². The Morgan fingerprint density at radius 3 is 2.64 bits per heavy atom. The van der Waals surface area contributed by atoms with Gasteiger partial charge in [0.25, 0.3) is 5.91 Å². The number of carbonyl (C=O) groups excluding carboxylic acids is 1. The molecule has 3 rings (SSSR count). The van der Waals surface area contributed by atoms with E-state index in [0.717, 1.165) is 28.1 Å². The summed E-state index contributed by atoms with van der Waals surface area (Å²) in [6.07, 6.45) is 3.37. The number of carbonyl (C=O) groups is 1. The summed E-state index contributed by atoms with van der Waals surface area (Å²) in [6, 6.07) is 9.59. The van der Waals surface area contributed by atoms with E-state index < -0.39 is 0 Å². The van der Waals surface area contributed by atoms with Gasteiger partial charge in [-0.05, 0) is 43.2 Å². The Morgan fingerprint density at radius 2 is 2.00 bits per heavy atom. The molecule has 0 fully saturated rings. The number of hydrogen-bond acceptors (Lipinski definition) is 5. The SMILES string of the molecule is CNc1cc(-c2ccc(C)nc2)cc(C(=O)NCc2ccno2)c1C. The van der Waals surface area contributed by atoms with E-state index in [9.17, 15) is 4.79 Å². The average molecular weight is 336 g/mol. The summed E-state index contributed by atoms with van der Waals surface area (Å²) in [5.41, 5.74) is 5.26. The molecule has 0 radical (unpaired) electrons. The Balaban J connectivity index is 1.92. The minimum Gasteiger partial charge on any atom is -0.388 e. The zero-order chi connectivity index (χ0) is 17.8. The van der Waals surface area contributed by atoms with Crippen LogP contribution in [0.1, 0.15) is 27.4 Å². The molecule has 0 atom stereocenters. The highest BCUT2D eigenvalue weighted by Crippen LogP contribution is 2.28. The van der Waals surface area contributed by atoms with Crippen molar-refractivity contribution in [2.75, 3.05) is 12.4 Å². The normalized spacial score (nSPS) is 10.5. The lowest BCUT2D eigenvalue weighted by atomic mass is 9.98. The number of aryl methyl sites for hydroxylation is 1. The lowest BCUT2D eigenvalue weighted by Crippen LogP contribution is -2.23. The van der Waals surface area contributed by atoms with Crippen LogP contribution < -0.4 is 10.6 Å². The van der Waals surface area contributed by atoms with Crippen LogP contribution in [-0.2, 0) is 6.54 Å². The predicted molar refractivity (Wildman–Crippen MR) is 96.4 cm³/mol. The molecular weight excluding hydrogens is 316 g/mol. The smallest absolute Gasteiger partial charge is 0.252 e. The number of rotatable bonds is 5. The minimum atomic E-state index is -0.160. The molecule has 0 aliphatic rings. The number of aromatic nitrogens is 2. The molecule has 0 saturated carbocycles. The lowest BCUT2D eigenvalue weighted by Gasteiger charge is -2.14. The Bertz CT molecular complexity index is 871. The van der Waals surface area contributed by atoms with Crippen molar-refractivity contribution >= 4 is 11.6 Å². The quantitative estimate of drug-likeness (QED) is 0.747. The van der Waals surface area contributed by atoms with Crippen molar-refractivity contribution in [2.24, 2.45) is 0 Å². The van der Waals surface area contributed by atoms with Gasteiger partial charge in [-0.15, -0.1) is 0 Å². The molecule has 0 spiro atoms. The summed E-state index contributed by atoms with van der Waals surface area (Å²) in [7, 11) is 1.84. The monoisotopic (exact) mass is 336 g/mol. The summed E-state index contributed by atoms with van der Waals surface area (Å²) in [5.74, 6) is 0.450. The number of hydrogen-bond donors (Lipinski definition) is 2. The van der Waals surface area contributed by atoms with Gasteiger partial charge in [-0.25, -0.2) is 0 Å². The molecular formula is C19H20N4O2. The molecule has 0 unspecified atom stereocenters. The number of benzene rings is 1. The third kappa shape index (κ3) is 3.68. The highest BCUT2D eigenvalue weighted by atomic mass is 16.5. The second-order valence-corrected chi connectivity index (χ2v) is 5.80. The second kappa shape index (κ2) is 7.17. The van der Waals surface area contributed by atoms with E-state index >= 15 is 0 Å². The van der Waals surface area contributed by atoms with Gasteiger partial charge in [0.1, 0.15) is 0 Å². The first kappa shape index (κ1) is 16.7. The van der Waals surface area contributed by atoms with Gasteiger partial charge in [-0.2, -0.15) is 0 Å². The number of amides is 1. The molecule has 0 aliphatic heterocycles. The van der Waals surface area contributed by atoms with Gasteiger partial charge in [0.05, 0.1) is 12.7 Å². The third-order valence-electron chi connectivity index (χ3n) is 4.08. The van der Waals surface area contributed by atoms with E-state index in [2.05, 4.69) is 20.8 Å². The predicted octanol–water partition coefficient (Wildman–Crippen LogP) is 3.33. The van der Waals surface area contributed by atoms with Crippen LogP contribution in [0.2, 0.25) is 0 Å². The third-order valence-corrected chi connectivity index (χ3v) is 4.08. The van der Waals surface area contributed by atoms with Crippen LogP contribution >= 0.6 is 0 Å². The van der Waals surface area contributed by atoms with Gasteiger partial charge in [0.15, 0.2) is 5.76 Å². The zero-order valence-electron chi connectivity index (χ0n) is 14.5. The van der Waals surface area contributed by atoms with E-state index in [4.69, 9.17) is 4.52 Å². The van der Waals surface area contributed by atoms with Crippen molar-refractivity contribution < 1.29 is 9.32 Å². The Morgan fingerprint density at radius 1 is 1.16 bits per heavy atom. The second-order valence-electron chi connectivity index (χ2n) is 5.80. The van der Waals surface area contributed by atoms with Crippen molar-refractivity contribution in [2.45, 2.75) is 20.4 Å². The summed E-state index contributed by atoms with van der Waals surface area (Å²) in [4.78, 5) is 17.0. The number of nitrogens with zero attached hydrogens (tertiary/aromatic N) is 2. The molecule has 2 heterocycles. The van der Waals surface area contributed by atoms with Gasteiger partial charge in [0.2, 0.25) is 0 Å². The number of nitrogens with one attached hydrogen (secondary N) is 2. The fourth-order valence-corrected chi connectivity index (χ4v) is 2.61. The molecule has 25 heavy (non-hydrogen) atoms. The molecule has 3 aromatic rings. The van der Waals surface area contributed by atoms with Crippen LogP contribution in [0.4, 0.5) is 5.69 Å². The first-order chi connectivity index (χ1) is 12.1. The van der Waals surface area contributed by atoms with E-state index in [0.29, 0.717) is 17.9 Å². The molecule has 1 amide bonds. The van der Waals surface area contributed by atoms with Gasteiger partial charge in [-0.3, -0.25) is 9.78 Å². The molecule has 6 nitrogen and oxygen atoms in total. The summed E-state index contributed by atoms with van der Waals surface area (Å²) < 4.78 is 5.01. The summed E-state index contributed by atoms with van der Waals surface area (Å²) in [5, 5.41) is 9.65. The van der Waals surface area contributed by atoms with Crippen LogP contribution in [0.25, 0.3) is 11.1 Å². The van der Waals surface area contributed by atoms with Crippen LogP contribution in [0.15, 0.2) is 47.2 Å². The van der Waals surface area contributed by atoms with Crippen molar-refractivity contribution in [3.05, 3.63) is 65.3 Å². The topological polar surface area (TPSA) is 80.0 Å². The Hall–Kier alpha value is -3.15. The maximum absolute atomic E-state index is 12.6. The molecule has 1 aromatic carbocycles. The molecule has 0 aliphatic carbocycles. The molecule has 6 heteroatoms. The van der Waals surface area contributed by atoms with Crippen LogP contribution in [0, 0.1) is 13.8 Å². The fraction of sp³-hybridized carbons (Fsp3) is 0.211. The average Bonchev–Trinajstić information content (AvgIpc) is 3.14. The zero-order valence-corrected chi connectivity index (χ0v) is 14.5. The highest BCUT2D eigenvalue weighted by molar-refractivity contribution is 5.98. The molecule has 128 valence electrons. The molecule has 2 aromatic heterocycles. The fourth-order valence-electron chi connectivity index (χ4n) is 2.61. The highest BCUT2D eigenvalue weighted by Gasteiger charge is 2.15. The molecule has 0 saturated heterocycles. The Kier molecular flexibility index (Phi) is 4.79. The van der Waals surface area contributed by atoms with Gasteiger partial charge < -0.3 is 15.2 Å². The standard InChI is InChI=1S/C19H20N4O2/c1-12-4-5-14(10-21-12)15-8-17(13(2)18(9-15)20-3)19(24)22-11-16-6-7-23-25-16/h4-10,20H,11H2,1-3H3,(H,22,24). The maximum Gasteiger partial charge on any atom is 0.252 e. The maximum atomic E-state index is 12.6. The number of anilines is 1. The molecule has 0 bridgehead atoms. The van der Waals surface area contributed by atoms with E-state index in [-0.39, 0.29) is 5.91 Å². The van der Waals surface area contributed by atoms with E-state index in [1.807, 2.05) is 51.4 Å². The molecule has 2 N–H and O–H groups in total. The van der Waals surface area contributed by atoms with Gasteiger partial charge in [-0.1, -0.05) is 11.2 Å². The van der Waals surface area contributed by atoms with E-state index in [1.165, 1.54) is 0 Å². The van der Waals surface area contributed by atoms with Gasteiger partial charge >= 0.3 is 0 Å². The first-order valence-corrected chi connectivity index (χ1v) is 8.01. The van der Waals surface area contributed by atoms with Gasteiger partial charge in [0, 0.05) is 41.8 Å². The minimum absolute atomic E-state index is 0.160. The van der Waals surface area contributed by atoms with Crippen molar-refractivity contribution in [1.82, 2.24) is 15.5 Å². The van der Waals surface area contributed by atoms with Crippen molar-refractivity contribution in [1.29, 1.82) is 0 Å². The summed E-state index contributed by atoms with van der Waals surface area (Å²) in [6.45, 7) is 4.16. The Labute approximate surface area is 146 Å². The largest absolute Gasteiger partial charge is 0.388 e. The number of pyridine rings is 1. The van der Waals surface area contributed by atoms with Crippen molar-refractivity contribution in [3.8, 4) is 11.1 Å². The summed E-state index contributed by atoms with van der Waals surface area (Å²) >= 11 is 0. The first-order valence-electron chi connectivity index (χ1n) is 8.01. The van der Waals surface area contributed by atoms with E-state index in [1.54, 1.807) is 12.3 Å². The van der Waals surface area contributed by atoms with Crippen molar-refractivity contribution in [3.63, 3.8) is 0 Å².